The summed E-state index contributed by atoms with van der Waals surface area (Å²) in [5.41, 5.74) is 22.8. The first-order valence-corrected chi connectivity index (χ1v) is 32.5. The van der Waals surface area contributed by atoms with Crippen molar-refractivity contribution in [3.63, 3.8) is 0 Å². The average molecular weight is 1250 g/mol. The molecule has 17 aromatic rings. The molecule has 8 nitrogen and oxygen atoms in total. The fourth-order valence-corrected chi connectivity index (χ4v) is 14.1. The smallest absolute Gasteiger partial charge is 0.194 e. The van der Waals surface area contributed by atoms with Gasteiger partial charge in [-0.25, -0.2) is 19.8 Å². The van der Waals surface area contributed by atoms with E-state index < -0.39 is 0 Å². The molecule has 0 amide bonds. The summed E-state index contributed by atoms with van der Waals surface area (Å²) in [4.78, 5) is 20.6. The summed E-state index contributed by atoms with van der Waals surface area (Å²) in [5.74, 6) is 1.16. The summed E-state index contributed by atoms with van der Waals surface area (Å²) in [7, 11) is 0. The Hall–Kier alpha value is -13.8. The number of fused-ring (bicyclic) bond motifs is 6. The number of nitrogens with zero attached hydrogens (tertiary/aromatic N) is 8. The molecular formula is C90H54N8. The maximum atomic E-state index is 11.0. The third-order valence-corrected chi connectivity index (χ3v) is 18.7. The largest absolute Gasteiger partial charge is 0.309 e. The Kier molecular flexibility index (Phi) is 14.5. The minimum atomic E-state index is 0.385. The summed E-state index contributed by atoms with van der Waals surface area (Å²) in [6.07, 6.45) is 0. The Bertz CT molecular complexity index is 5630. The number of para-hydroxylation sites is 1. The molecule has 0 aliphatic heterocycles. The van der Waals surface area contributed by atoms with E-state index in [0.717, 1.165) is 133 Å². The van der Waals surface area contributed by atoms with Crippen molar-refractivity contribution in [1.82, 2.24) is 24.1 Å². The lowest BCUT2D eigenvalue weighted by molar-refractivity contribution is 1.07. The van der Waals surface area contributed by atoms with Crippen molar-refractivity contribution in [3.8, 4) is 136 Å². The molecule has 3 aromatic heterocycles. The zero-order valence-electron chi connectivity index (χ0n) is 52.8. The van der Waals surface area contributed by atoms with E-state index in [-0.39, 0.29) is 0 Å². The van der Waals surface area contributed by atoms with Crippen molar-refractivity contribution in [3.05, 3.63) is 350 Å². The first-order chi connectivity index (χ1) is 48.5. The van der Waals surface area contributed by atoms with Crippen LogP contribution in [0.2, 0.25) is 0 Å². The van der Waals surface area contributed by atoms with Crippen LogP contribution in [0.15, 0.2) is 328 Å². The first kappa shape index (κ1) is 58.0. The third-order valence-electron chi connectivity index (χ3n) is 18.7. The molecule has 0 spiro atoms. The topological polar surface area (TPSA) is 100 Å². The number of hydrogen-bond acceptors (Lipinski definition) is 5. The standard InChI is InChI=1S/C90H54N8/c1-93-81-37-21-20-35-73(81)76-55-67(43-49-83(76)98-86-46-40-64(60-26-10-4-11-27-60)52-79(86)80-53-65(41-47-87(80)98)61-28-12-5-13-29-61)89-94-88(95-90(96-89)74-36-19-18-34-72(74)70-32-16-14-30-68(70)56-91)66-42-48-82(75(54-66)71-33-17-15-31-69(71)57-92)97-84-44-38-62(58-22-6-2-7-23-58)50-77(84)78-51-63(39-45-85(78)97)59-24-8-3-9-25-59/h2-55H. The Morgan fingerprint density at radius 1 is 0.255 bits per heavy atom. The van der Waals surface area contributed by atoms with Crippen LogP contribution >= 0.6 is 0 Å². The fraction of sp³-hybridized carbons (Fsp3) is 0. The molecule has 0 atom stereocenters. The van der Waals surface area contributed by atoms with Gasteiger partial charge in [0.25, 0.3) is 0 Å². The van der Waals surface area contributed by atoms with Crippen molar-refractivity contribution < 1.29 is 0 Å². The van der Waals surface area contributed by atoms with Gasteiger partial charge in [0.1, 0.15) is 0 Å². The predicted octanol–water partition coefficient (Wildman–Crippen LogP) is 23.0. The van der Waals surface area contributed by atoms with Gasteiger partial charge < -0.3 is 9.13 Å². The van der Waals surface area contributed by atoms with E-state index in [0.29, 0.717) is 51.0 Å². The minimum Gasteiger partial charge on any atom is -0.309 e. The monoisotopic (exact) mass is 1250 g/mol. The molecule has 0 saturated heterocycles. The van der Waals surface area contributed by atoms with Gasteiger partial charge in [-0.3, -0.25) is 0 Å². The zero-order valence-corrected chi connectivity index (χ0v) is 52.8. The van der Waals surface area contributed by atoms with E-state index >= 15 is 0 Å². The first-order valence-electron chi connectivity index (χ1n) is 32.5. The summed E-state index contributed by atoms with van der Waals surface area (Å²) in [5, 5.41) is 25.9. The Morgan fingerprint density at radius 2 is 0.561 bits per heavy atom. The van der Waals surface area contributed by atoms with Gasteiger partial charge in [-0.15, -0.1) is 0 Å². The van der Waals surface area contributed by atoms with Crippen molar-refractivity contribution in [2.45, 2.75) is 0 Å². The molecule has 98 heavy (non-hydrogen) atoms. The quantitative estimate of drug-likeness (QED) is 0.113. The van der Waals surface area contributed by atoms with Crippen LogP contribution < -0.4 is 0 Å². The molecule has 0 bridgehead atoms. The van der Waals surface area contributed by atoms with Gasteiger partial charge in [0.15, 0.2) is 23.2 Å². The Labute approximate surface area is 566 Å². The van der Waals surface area contributed by atoms with Gasteiger partial charge in [-0.2, -0.15) is 10.5 Å². The van der Waals surface area contributed by atoms with Crippen molar-refractivity contribution in [2.75, 3.05) is 0 Å². The number of hydrogen-bond donors (Lipinski definition) is 0. The maximum Gasteiger partial charge on any atom is 0.194 e. The summed E-state index contributed by atoms with van der Waals surface area (Å²) in [6.45, 7) is 8.61. The molecule has 0 unspecified atom stereocenters. The van der Waals surface area contributed by atoms with E-state index in [9.17, 15) is 10.5 Å². The van der Waals surface area contributed by atoms with Crippen LogP contribution in [0, 0.1) is 29.2 Å². The Balaban J connectivity index is 0.906. The third kappa shape index (κ3) is 10.2. The van der Waals surface area contributed by atoms with Crippen LogP contribution in [0.1, 0.15) is 11.1 Å². The van der Waals surface area contributed by atoms with Crippen LogP contribution in [0.4, 0.5) is 5.69 Å². The molecule has 0 radical (unpaired) electrons. The van der Waals surface area contributed by atoms with Gasteiger partial charge in [0, 0.05) is 54.9 Å². The highest BCUT2D eigenvalue weighted by Crippen LogP contribution is 2.46. The second-order valence-corrected chi connectivity index (χ2v) is 24.3. The highest BCUT2D eigenvalue weighted by molar-refractivity contribution is 6.14. The molecular weight excluding hydrogens is 1190 g/mol. The summed E-state index contributed by atoms with van der Waals surface area (Å²) in [6, 6.07) is 117. The molecule has 0 fully saturated rings. The van der Waals surface area contributed by atoms with Crippen molar-refractivity contribution >= 4 is 49.3 Å². The summed E-state index contributed by atoms with van der Waals surface area (Å²) < 4.78 is 4.64. The second kappa shape index (κ2) is 24.6. The van der Waals surface area contributed by atoms with Gasteiger partial charge in [0.2, 0.25) is 0 Å². The van der Waals surface area contributed by atoms with Crippen LogP contribution in [0.25, 0.3) is 172 Å². The normalized spacial score (nSPS) is 11.2. The molecule has 8 heteroatoms. The zero-order chi connectivity index (χ0) is 65.6. The van der Waals surface area contributed by atoms with Crippen LogP contribution in [0.5, 0.6) is 0 Å². The van der Waals surface area contributed by atoms with E-state index in [2.05, 4.69) is 232 Å². The van der Waals surface area contributed by atoms with Crippen molar-refractivity contribution in [2.24, 2.45) is 0 Å². The van der Waals surface area contributed by atoms with E-state index in [1.807, 2.05) is 121 Å². The highest BCUT2D eigenvalue weighted by Gasteiger charge is 2.25. The second-order valence-electron chi connectivity index (χ2n) is 24.3. The number of rotatable bonds is 12. The Morgan fingerprint density at radius 3 is 0.949 bits per heavy atom. The SMILES string of the molecule is [C-]#[N+]c1ccccc1-c1cc(-c2nc(-c3ccc(-n4c5ccc(-c6ccccc6)cc5c5cc(-c6ccccc6)ccc54)c(-c4ccccc4C#N)c3)nc(-c3ccccc3-c3ccccc3C#N)n2)ccc1-n1c2ccc(-c3ccccc3)cc2c2cc(-c3ccccc3)ccc21. The van der Waals surface area contributed by atoms with Gasteiger partial charge >= 0.3 is 0 Å². The average Bonchev–Trinajstić information content (AvgIpc) is 1.56. The molecule has 17 rings (SSSR count). The molecule has 0 saturated carbocycles. The minimum absolute atomic E-state index is 0.385. The highest BCUT2D eigenvalue weighted by atomic mass is 15.0. The number of aromatic nitrogens is 5. The fourth-order valence-electron chi connectivity index (χ4n) is 14.1. The lowest BCUT2D eigenvalue weighted by Gasteiger charge is -2.18. The van der Waals surface area contributed by atoms with E-state index in [1.54, 1.807) is 0 Å². The molecule has 0 aliphatic rings. The molecule has 14 aromatic carbocycles. The lowest BCUT2D eigenvalue weighted by atomic mass is 9.95. The van der Waals surface area contributed by atoms with E-state index in [1.165, 1.54) is 0 Å². The molecule has 0 N–H and O–H groups in total. The summed E-state index contributed by atoms with van der Waals surface area (Å²) >= 11 is 0. The maximum absolute atomic E-state index is 11.0. The molecule has 3 heterocycles. The van der Waals surface area contributed by atoms with Crippen LogP contribution in [-0.2, 0) is 0 Å². The van der Waals surface area contributed by atoms with Gasteiger partial charge in [-0.1, -0.05) is 231 Å². The van der Waals surface area contributed by atoms with Crippen molar-refractivity contribution in [1.29, 1.82) is 10.5 Å². The van der Waals surface area contributed by atoms with Gasteiger partial charge in [-0.05, 0) is 158 Å². The van der Waals surface area contributed by atoms with Crippen LogP contribution in [0.3, 0.4) is 0 Å². The van der Waals surface area contributed by atoms with Crippen LogP contribution in [-0.4, -0.2) is 24.1 Å². The number of benzene rings is 14. The number of nitriles is 2. The van der Waals surface area contributed by atoms with E-state index in [4.69, 9.17) is 21.5 Å². The molecule has 454 valence electrons. The lowest BCUT2D eigenvalue weighted by Crippen LogP contribution is -2.04. The van der Waals surface area contributed by atoms with Gasteiger partial charge in [0.05, 0.1) is 63.3 Å². The molecule has 0 aliphatic carbocycles. The predicted molar refractivity (Wildman–Crippen MR) is 399 cm³/mol.